The van der Waals surface area contributed by atoms with Crippen LogP contribution in [0, 0.1) is 0 Å². The Balaban J connectivity index is 2.11. The van der Waals surface area contributed by atoms with Gasteiger partial charge in [0.2, 0.25) is 0 Å². The lowest BCUT2D eigenvalue weighted by molar-refractivity contribution is 0.943. The van der Waals surface area contributed by atoms with Gasteiger partial charge in [-0.15, -0.1) is 11.3 Å². The summed E-state index contributed by atoms with van der Waals surface area (Å²) < 4.78 is 1.14. The van der Waals surface area contributed by atoms with E-state index in [1.165, 1.54) is 4.88 Å². The van der Waals surface area contributed by atoms with Crippen LogP contribution < -0.4 is 5.73 Å². The summed E-state index contributed by atoms with van der Waals surface area (Å²) in [6, 6.07) is 4.15. The molecule has 1 atom stereocenters. The standard InChI is InChI=1S/C9H10BrN3S2/c10-8-2-1-6(14-8)7(5-11)15-9-12-3-4-13-9/h1-4,7H,5,11H2,(H,12,13). The molecule has 3 nitrogen and oxygen atoms in total. The van der Waals surface area contributed by atoms with Gasteiger partial charge in [0.15, 0.2) is 5.16 Å². The van der Waals surface area contributed by atoms with Crippen LogP contribution in [0.15, 0.2) is 33.5 Å². The van der Waals surface area contributed by atoms with Crippen LogP contribution in [-0.4, -0.2) is 16.5 Å². The van der Waals surface area contributed by atoms with Crippen LogP contribution in [-0.2, 0) is 0 Å². The molecule has 2 aromatic rings. The fourth-order valence-electron chi connectivity index (χ4n) is 1.17. The molecule has 15 heavy (non-hydrogen) atoms. The lowest BCUT2D eigenvalue weighted by Crippen LogP contribution is -2.08. The average molecular weight is 304 g/mol. The number of imidazole rings is 1. The summed E-state index contributed by atoms with van der Waals surface area (Å²) in [5.74, 6) is 0. The van der Waals surface area contributed by atoms with Gasteiger partial charge in [0.25, 0.3) is 0 Å². The van der Waals surface area contributed by atoms with E-state index in [0.29, 0.717) is 6.54 Å². The molecule has 1 unspecified atom stereocenters. The number of aromatic nitrogens is 2. The zero-order valence-corrected chi connectivity index (χ0v) is 11.0. The first-order valence-corrected chi connectivity index (χ1v) is 6.90. The van der Waals surface area contributed by atoms with Gasteiger partial charge < -0.3 is 10.7 Å². The number of nitrogens with zero attached hydrogens (tertiary/aromatic N) is 1. The molecule has 0 saturated heterocycles. The van der Waals surface area contributed by atoms with Gasteiger partial charge in [-0.05, 0) is 28.1 Å². The summed E-state index contributed by atoms with van der Waals surface area (Å²) in [6.45, 7) is 0.609. The number of nitrogens with two attached hydrogens (primary N) is 1. The summed E-state index contributed by atoms with van der Waals surface area (Å²) in [4.78, 5) is 8.52. The molecule has 6 heteroatoms. The maximum atomic E-state index is 5.76. The van der Waals surface area contributed by atoms with Crippen LogP contribution in [0.3, 0.4) is 0 Å². The van der Waals surface area contributed by atoms with Gasteiger partial charge in [0.1, 0.15) is 0 Å². The van der Waals surface area contributed by atoms with Crippen molar-refractivity contribution in [3.8, 4) is 0 Å². The Morgan fingerprint density at radius 3 is 3.00 bits per heavy atom. The molecule has 0 saturated carbocycles. The molecule has 3 N–H and O–H groups in total. The molecule has 0 bridgehead atoms. The van der Waals surface area contributed by atoms with Gasteiger partial charge in [0, 0.05) is 23.8 Å². The highest BCUT2D eigenvalue weighted by Gasteiger charge is 2.14. The van der Waals surface area contributed by atoms with E-state index >= 15 is 0 Å². The number of H-pyrrole nitrogens is 1. The number of nitrogens with one attached hydrogen (secondary N) is 1. The Morgan fingerprint density at radius 1 is 1.60 bits per heavy atom. The van der Waals surface area contributed by atoms with Crippen molar-refractivity contribution in [1.82, 2.24) is 9.97 Å². The predicted octanol–water partition coefficient (Wildman–Crippen LogP) is 3.03. The van der Waals surface area contributed by atoms with E-state index in [0.717, 1.165) is 8.94 Å². The first-order chi connectivity index (χ1) is 7.29. The molecule has 0 aliphatic carbocycles. The van der Waals surface area contributed by atoms with Crippen LogP contribution in [0.4, 0.5) is 0 Å². The van der Waals surface area contributed by atoms with Crippen LogP contribution in [0.5, 0.6) is 0 Å². The molecule has 0 amide bonds. The largest absolute Gasteiger partial charge is 0.340 e. The third-order valence-corrected chi connectivity index (χ3v) is 4.92. The third kappa shape index (κ3) is 2.84. The highest BCUT2D eigenvalue weighted by atomic mass is 79.9. The number of hydrogen-bond donors (Lipinski definition) is 2. The zero-order chi connectivity index (χ0) is 10.7. The second kappa shape index (κ2) is 5.16. The monoisotopic (exact) mass is 303 g/mol. The van der Waals surface area contributed by atoms with E-state index in [1.54, 1.807) is 29.3 Å². The minimum atomic E-state index is 0.271. The highest BCUT2D eigenvalue weighted by molar-refractivity contribution is 9.11. The third-order valence-electron chi connectivity index (χ3n) is 1.85. The summed E-state index contributed by atoms with van der Waals surface area (Å²) in [7, 11) is 0. The van der Waals surface area contributed by atoms with Crippen molar-refractivity contribution in [1.29, 1.82) is 0 Å². The van der Waals surface area contributed by atoms with Gasteiger partial charge in [-0.25, -0.2) is 4.98 Å². The van der Waals surface area contributed by atoms with Crippen molar-refractivity contribution in [3.05, 3.63) is 33.2 Å². The van der Waals surface area contributed by atoms with Gasteiger partial charge in [0.05, 0.1) is 9.04 Å². The molecule has 0 fully saturated rings. The molecule has 80 valence electrons. The molecule has 0 aliphatic heterocycles. The minimum absolute atomic E-state index is 0.271. The average Bonchev–Trinajstić information content (AvgIpc) is 2.85. The molecule has 2 aromatic heterocycles. The molecule has 2 rings (SSSR count). The number of thiophene rings is 1. The van der Waals surface area contributed by atoms with Crippen LogP contribution in [0.1, 0.15) is 10.1 Å². The van der Waals surface area contributed by atoms with Crippen molar-refractivity contribution < 1.29 is 0 Å². The van der Waals surface area contributed by atoms with Crippen molar-refractivity contribution in [2.45, 2.75) is 10.4 Å². The zero-order valence-electron chi connectivity index (χ0n) is 7.81. The Kier molecular flexibility index (Phi) is 3.85. The van der Waals surface area contributed by atoms with Crippen LogP contribution >= 0.6 is 39.0 Å². The molecule has 2 heterocycles. The molecular weight excluding hydrogens is 294 g/mol. The summed E-state index contributed by atoms with van der Waals surface area (Å²) >= 11 is 6.83. The highest BCUT2D eigenvalue weighted by Crippen LogP contribution is 2.37. The lowest BCUT2D eigenvalue weighted by Gasteiger charge is -2.09. The molecule has 0 spiro atoms. The van der Waals surface area contributed by atoms with Gasteiger partial charge in [-0.2, -0.15) is 0 Å². The Hall–Kier alpha value is -0.300. The predicted molar refractivity (Wildman–Crippen MR) is 68.3 cm³/mol. The quantitative estimate of drug-likeness (QED) is 0.854. The first kappa shape index (κ1) is 11.2. The van der Waals surface area contributed by atoms with E-state index in [-0.39, 0.29) is 5.25 Å². The Bertz CT molecular complexity index is 413. The molecule has 0 radical (unpaired) electrons. The van der Waals surface area contributed by atoms with Crippen LogP contribution in [0.25, 0.3) is 0 Å². The number of thioether (sulfide) groups is 1. The smallest absolute Gasteiger partial charge is 0.165 e. The van der Waals surface area contributed by atoms with E-state index in [9.17, 15) is 0 Å². The number of hydrogen-bond acceptors (Lipinski definition) is 4. The fourth-order valence-corrected chi connectivity index (χ4v) is 3.70. The maximum absolute atomic E-state index is 5.76. The van der Waals surface area contributed by atoms with Crippen molar-refractivity contribution >= 4 is 39.0 Å². The van der Waals surface area contributed by atoms with Crippen LogP contribution in [0.2, 0.25) is 0 Å². The topological polar surface area (TPSA) is 54.7 Å². The van der Waals surface area contributed by atoms with Crippen molar-refractivity contribution in [3.63, 3.8) is 0 Å². The summed E-state index contributed by atoms with van der Waals surface area (Å²) in [5.41, 5.74) is 5.76. The minimum Gasteiger partial charge on any atom is -0.340 e. The maximum Gasteiger partial charge on any atom is 0.165 e. The van der Waals surface area contributed by atoms with E-state index in [4.69, 9.17) is 5.73 Å². The second-order valence-corrected chi connectivity index (χ2v) is 6.56. The Labute approximate surface area is 105 Å². The molecular formula is C9H10BrN3S2. The van der Waals surface area contributed by atoms with E-state index in [1.807, 2.05) is 12.3 Å². The van der Waals surface area contributed by atoms with E-state index < -0.39 is 0 Å². The number of halogens is 1. The van der Waals surface area contributed by atoms with Gasteiger partial charge >= 0.3 is 0 Å². The Morgan fingerprint density at radius 2 is 2.47 bits per heavy atom. The van der Waals surface area contributed by atoms with Crippen molar-refractivity contribution in [2.24, 2.45) is 5.73 Å². The summed E-state index contributed by atoms with van der Waals surface area (Å²) in [5, 5.41) is 1.18. The van der Waals surface area contributed by atoms with Gasteiger partial charge in [-0.1, -0.05) is 11.8 Å². The number of rotatable bonds is 4. The normalized spacial score (nSPS) is 12.9. The SMILES string of the molecule is NCC(Sc1ncc[nH]1)c1ccc(Br)s1. The van der Waals surface area contributed by atoms with Crippen molar-refractivity contribution in [2.75, 3.05) is 6.54 Å². The summed E-state index contributed by atoms with van der Waals surface area (Å²) in [6.07, 6.45) is 3.57. The van der Waals surface area contributed by atoms with Gasteiger partial charge in [-0.3, -0.25) is 0 Å². The fraction of sp³-hybridized carbons (Fsp3) is 0.222. The van der Waals surface area contributed by atoms with E-state index in [2.05, 4.69) is 32.0 Å². The number of aromatic amines is 1. The molecule has 0 aliphatic rings. The molecule has 0 aromatic carbocycles. The first-order valence-electron chi connectivity index (χ1n) is 4.41. The second-order valence-electron chi connectivity index (χ2n) is 2.88. The lowest BCUT2D eigenvalue weighted by atomic mass is 10.3.